The van der Waals surface area contributed by atoms with Gasteiger partial charge >= 0.3 is 11.9 Å². The van der Waals surface area contributed by atoms with Crippen molar-refractivity contribution < 1.29 is 33.7 Å². The summed E-state index contributed by atoms with van der Waals surface area (Å²) in [5, 5.41) is 13.7. The number of hydrogen-bond acceptors (Lipinski definition) is 11. The highest BCUT2D eigenvalue weighted by molar-refractivity contribution is 8.76. The average molecular weight is 786 g/mol. The number of carbonyl (C=O) groups is 3. The van der Waals surface area contributed by atoms with E-state index >= 15 is 0 Å². The van der Waals surface area contributed by atoms with Gasteiger partial charge in [-0.3, -0.25) is 9.59 Å². The number of aliphatic hydroxyl groups excluding tert-OH is 1. The number of ether oxygens (including phenoxy) is 3. The van der Waals surface area contributed by atoms with Gasteiger partial charge in [0.1, 0.15) is 17.3 Å². The predicted octanol–water partition coefficient (Wildman–Crippen LogP) is 5.92. The van der Waals surface area contributed by atoms with Crippen molar-refractivity contribution in [2.45, 2.75) is 146 Å². The molecule has 0 radical (unpaired) electrons. The standard InChI is InChI=1S/C42H63N3O7S2/c1-4-25(2)38(48)52-40(3)12-8-26-23-53-54-24-30-9-14-45(30)36(47)18-29-22-44-35(43)19-31(29)37(26)42(40)21-28-16-27-17-32(39(49)50-33(27)20-34(28)51-42)41(13-15-46)10-6-5-7-11-41/h4,8,27-35,37,44,46H,5-7,9-24,43H2,1-3H3/t27?,28?,29?,30-,31?,32?,33?,34?,35?,37+,40-,42-/m0/s1. The van der Waals surface area contributed by atoms with Crippen molar-refractivity contribution in [3.63, 3.8) is 0 Å². The molecule has 8 unspecified atom stereocenters. The van der Waals surface area contributed by atoms with Gasteiger partial charge in [0.05, 0.1) is 18.2 Å². The number of aliphatic hydroxyl groups is 1. The lowest BCUT2D eigenvalue weighted by Gasteiger charge is -2.57. The zero-order valence-corrected chi connectivity index (χ0v) is 34.2. The molecule has 7 fully saturated rings. The minimum Gasteiger partial charge on any atom is -0.462 e. The third-order valence-corrected chi connectivity index (χ3v) is 18.0. The Morgan fingerprint density at radius 1 is 1.11 bits per heavy atom. The molecule has 12 atom stereocenters. The van der Waals surface area contributed by atoms with Crippen molar-refractivity contribution in [3.05, 3.63) is 23.3 Å². The van der Waals surface area contributed by atoms with E-state index in [1.165, 1.54) is 12.0 Å². The molecule has 54 heavy (non-hydrogen) atoms. The third-order valence-electron chi connectivity index (χ3n) is 15.6. The van der Waals surface area contributed by atoms with E-state index in [9.17, 15) is 19.5 Å². The zero-order valence-electron chi connectivity index (χ0n) is 32.6. The normalized spacial score (nSPS) is 43.8. The number of carbonyl (C=O) groups excluding carboxylic acids is 3. The van der Waals surface area contributed by atoms with Crippen LogP contribution in [-0.2, 0) is 28.6 Å². The number of esters is 2. The Hall–Kier alpha value is -1.57. The third kappa shape index (κ3) is 6.92. The quantitative estimate of drug-likeness (QED) is 0.133. The summed E-state index contributed by atoms with van der Waals surface area (Å²) in [7, 11) is 3.74. The van der Waals surface area contributed by atoms with E-state index in [4.69, 9.17) is 19.9 Å². The van der Waals surface area contributed by atoms with E-state index in [1.54, 1.807) is 0 Å². The summed E-state index contributed by atoms with van der Waals surface area (Å²) in [6.45, 7) is 7.36. The van der Waals surface area contributed by atoms with Gasteiger partial charge in [-0.1, -0.05) is 58.6 Å². The summed E-state index contributed by atoms with van der Waals surface area (Å²) in [6.07, 6.45) is 15.5. The zero-order chi connectivity index (χ0) is 37.8. The lowest BCUT2D eigenvalue weighted by atomic mass is 9.55. The first-order valence-corrected chi connectivity index (χ1v) is 23.6. The Bertz CT molecular complexity index is 1510. The number of hydrogen-bond donors (Lipinski definition) is 3. The number of nitrogens with two attached hydrogens (primary N) is 1. The van der Waals surface area contributed by atoms with Gasteiger partial charge in [-0.2, -0.15) is 0 Å². The second-order valence-electron chi connectivity index (χ2n) is 18.4. The van der Waals surface area contributed by atoms with Crippen LogP contribution in [0.4, 0.5) is 0 Å². The fourth-order valence-corrected chi connectivity index (χ4v) is 15.0. The minimum atomic E-state index is -0.960. The maximum atomic E-state index is 13.9. The molecule has 5 heterocycles. The van der Waals surface area contributed by atoms with Crippen molar-refractivity contribution in [2.24, 2.45) is 46.7 Å². The fraction of sp³-hybridized carbons (Fsp3) is 0.833. The van der Waals surface area contributed by atoms with Crippen molar-refractivity contribution in [1.29, 1.82) is 0 Å². The molecular weight excluding hydrogens is 723 g/mol. The first-order chi connectivity index (χ1) is 26.0. The first-order valence-electron chi connectivity index (χ1n) is 21.1. The molecule has 12 heteroatoms. The molecule has 8 aliphatic rings. The summed E-state index contributed by atoms with van der Waals surface area (Å²) in [5.74, 6) is 1.87. The second-order valence-corrected chi connectivity index (χ2v) is 20.9. The summed E-state index contributed by atoms with van der Waals surface area (Å²) in [6, 6.07) is 0.307. The van der Waals surface area contributed by atoms with Gasteiger partial charge in [0.2, 0.25) is 5.91 Å². The molecule has 1 spiro atoms. The van der Waals surface area contributed by atoms with E-state index in [0.29, 0.717) is 50.3 Å². The Kier molecular flexibility index (Phi) is 11.4. The molecule has 4 N–H and O–H groups in total. The number of allylic oxidation sites excluding steroid dienone is 1. The van der Waals surface area contributed by atoms with Gasteiger partial charge in [0, 0.05) is 68.0 Å². The van der Waals surface area contributed by atoms with Crippen LogP contribution in [0, 0.1) is 40.9 Å². The van der Waals surface area contributed by atoms with Crippen molar-refractivity contribution in [2.75, 3.05) is 31.2 Å². The maximum absolute atomic E-state index is 13.9. The highest BCUT2D eigenvalue weighted by Gasteiger charge is 2.68. The highest BCUT2D eigenvalue weighted by Crippen LogP contribution is 2.63. The Labute approximate surface area is 329 Å². The summed E-state index contributed by atoms with van der Waals surface area (Å²) in [4.78, 5) is 43.7. The number of nitrogens with one attached hydrogen (secondary N) is 1. The number of nitrogens with zero attached hydrogens (tertiary/aromatic N) is 1. The lowest BCUT2D eigenvalue weighted by Crippen LogP contribution is -2.65. The molecule has 0 aromatic rings. The van der Waals surface area contributed by atoms with Gasteiger partial charge in [-0.15, -0.1) is 0 Å². The lowest BCUT2D eigenvalue weighted by molar-refractivity contribution is -0.230. The summed E-state index contributed by atoms with van der Waals surface area (Å²) in [5.41, 5.74) is 6.67. The Balaban J connectivity index is 1.16. The number of fused-ring (bicyclic) bond motifs is 7. The number of amides is 1. The molecule has 0 bridgehead atoms. The molecule has 0 aromatic heterocycles. The smallest absolute Gasteiger partial charge is 0.334 e. The van der Waals surface area contributed by atoms with Gasteiger partial charge in [-0.25, -0.2) is 4.79 Å². The topological polar surface area (TPSA) is 140 Å². The van der Waals surface area contributed by atoms with Crippen LogP contribution in [0.3, 0.4) is 0 Å². The summed E-state index contributed by atoms with van der Waals surface area (Å²) < 4.78 is 20.8. The monoisotopic (exact) mass is 785 g/mol. The van der Waals surface area contributed by atoms with Gasteiger partial charge in [-0.05, 0) is 101 Å². The van der Waals surface area contributed by atoms with Crippen LogP contribution in [0.5, 0.6) is 0 Å². The van der Waals surface area contributed by atoms with E-state index in [2.05, 4.69) is 23.2 Å². The van der Waals surface area contributed by atoms with Crippen LogP contribution in [-0.4, -0.2) is 94.7 Å². The van der Waals surface area contributed by atoms with Crippen molar-refractivity contribution >= 4 is 39.4 Å². The molecule has 8 rings (SSSR count). The largest absolute Gasteiger partial charge is 0.462 e. The van der Waals surface area contributed by atoms with Crippen LogP contribution < -0.4 is 11.1 Å². The molecule has 1 amide bonds. The van der Waals surface area contributed by atoms with E-state index in [1.807, 2.05) is 41.5 Å². The van der Waals surface area contributed by atoms with Gasteiger partial charge in [0.25, 0.3) is 0 Å². The Morgan fingerprint density at radius 3 is 2.67 bits per heavy atom. The SMILES string of the molecule is CC=C(C)C(=O)O[C@@]1(C)CC=C2CSSC[C@@H]3CCN3C(=O)CC3CNC(N)CC3[C@@H]2[C@@]12CC1CC3CC(C4(CCO)CCCCC4)C(=O)OC3CC1O2. The molecule has 0 aromatic carbocycles. The van der Waals surface area contributed by atoms with Crippen LogP contribution >= 0.6 is 21.6 Å². The molecule has 3 aliphatic carbocycles. The van der Waals surface area contributed by atoms with Crippen molar-refractivity contribution in [1.82, 2.24) is 10.2 Å². The molecule has 300 valence electrons. The summed E-state index contributed by atoms with van der Waals surface area (Å²) >= 11 is 0. The number of piperidine rings is 1. The van der Waals surface area contributed by atoms with E-state index in [0.717, 1.165) is 69.4 Å². The fourth-order valence-electron chi connectivity index (χ4n) is 12.4. The molecule has 5 aliphatic heterocycles. The first kappa shape index (κ1) is 39.3. The molecule has 2 saturated carbocycles. The van der Waals surface area contributed by atoms with E-state index in [-0.39, 0.29) is 83.7 Å². The average Bonchev–Trinajstić information content (AvgIpc) is 3.51. The number of rotatable bonds is 5. The van der Waals surface area contributed by atoms with Gasteiger partial charge < -0.3 is 35.3 Å². The Morgan fingerprint density at radius 2 is 1.93 bits per heavy atom. The van der Waals surface area contributed by atoms with Crippen LogP contribution in [0.2, 0.25) is 0 Å². The van der Waals surface area contributed by atoms with E-state index < -0.39 is 11.2 Å². The van der Waals surface area contributed by atoms with Crippen LogP contribution in [0.1, 0.15) is 111 Å². The molecular formula is C42H63N3O7S2. The molecule has 5 saturated heterocycles. The van der Waals surface area contributed by atoms with Crippen LogP contribution in [0.25, 0.3) is 0 Å². The highest BCUT2D eigenvalue weighted by atomic mass is 33.1. The molecule has 10 nitrogen and oxygen atoms in total. The minimum absolute atomic E-state index is 0.0524. The van der Waals surface area contributed by atoms with Gasteiger partial charge in [0.15, 0.2) is 0 Å². The second kappa shape index (κ2) is 15.6. The maximum Gasteiger partial charge on any atom is 0.334 e. The van der Waals surface area contributed by atoms with Crippen LogP contribution in [0.15, 0.2) is 23.3 Å². The van der Waals surface area contributed by atoms with Crippen molar-refractivity contribution in [3.8, 4) is 0 Å². The predicted molar refractivity (Wildman–Crippen MR) is 211 cm³/mol.